The summed E-state index contributed by atoms with van der Waals surface area (Å²) >= 11 is 5.58. The minimum absolute atomic E-state index is 0.0157. The van der Waals surface area contributed by atoms with Gasteiger partial charge in [0.05, 0.1) is 17.7 Å². The van der Waals surface area contributed by atoms with Crippen LogP contribution in [0.1, 0.15) is 11.6 Å². The minimum Gasteiger partial charge on any atom is -0.506 e. The Hall–Kier alpha value is -0.770. The van der Waals surface area contributed by atoms with Crippen molar-refractivity contribution in [3.63, 3.8) is 0 Å². The highest BCUT2D eigenvalue weighted by atomic mass is 35.5. The summed E-state index contributed by atoms with van der Waals surface area (Å²) in [6.45, 7) is -0.152. The highest BCUT2D eigenvalue weighted by Crippen LogP contribution is 2.25. The zero-order valence-electron chi connectivity index (χ0n) is 6.37. The summed E-state index contributed by atoms with van der Waals surface area (Å²) in [6, 6.07) is 4.20. The molecule has 0 aliphatic rings. The zero-order valence-corrected chi connectivity index (χ0v) is 7.12. The lowest BCUT2D eigenvalue weighted by Crippen LogP contribution is -2.14. The van der Waals surface area contributed by atoms with Gasteiger partial charge in [-0.2, -0.15) is 0 Å². The number of hydrogen-bond acceptors (Lipinski definition) is 3. The monoisotopic (exact) mass is 187 g/mol. The first-order valence-electron chi connectivity index (χ1n) is 3.50. The molecule has 0 aromatic heterocycles. The molecule has 0 radical (unpaired) electrons. The molecule has 0 unspecified atom stereocenters. The fourth-order valence-corrected chi connectivity index (χ4v) is 0.983. The van der Waals surface area contributed by atoms with Crippen LogP contribution in [-0.2, 0) is 0 Å². The molecule has 1 aromatic rings. The topological polar surface area (TPSA) is 66.5 Å². The molecule has 0 heterocycles. The summed E-state index contributed by atoms with van der Waals surface area (Å²) in [5.41, 5.74) is 6.18. The minimum atomic E-state index is -0.465. The van der Waals surface area contributed by atoms with Crippen LogP contribution in [0.15, 0.2) is 18.2 Å². The Bertz CT molecular complexity index is 278. The van der Waals surface area contributed by atoms with Gasteiger partial charge < -0.3 is 15.9 Å². The van der Waals surface area contributed by atoms with Crippen molar-refractivity contribution in [2.24, 2.45) is 5.73 Å². The average Bonchev–Trinajstić information content (AvgIpc) is 2.08. The molecule has 0 saturated heterocycles. The number of rotatable bonds is 2. The molecule has 0 bridgehead atoms. The molecule has 4 N–H and O–H groups in total. The molecule has 0 aliphatic carbocycles. The van der Waals surface area contributed by atoms with Crippen LogP contribution in [0.2, 0.25) is 5.02 Å². The van der Waals surface area contributed by atoms with Gasteiger partial charge in [-0.05, 0) is 17.7 Å². The Morgan fingerprint density at radius 3 is 2.67 bits per heavy atom. The van der Waals surface area contributed by atoms with E-state index in [9.17, 15) is 5.11 Å². The molecule has 1 rings (SSSR count). The fraction of sp³-hybridized carbons (Fsp3) is 0.250. The summed E-state index contributed by atoms with van der Waals surface area (Å²) in [6.07, 6.45) is 0. The van der Waals surface area contributed by atoms with E-state index < -0.39 is 6.04 Å². The number of phenols is 1. The molecule has 0 amide bonds. The highest BCUT2D eigenvalue weighted by molar-refractivity contribution is 6.32. The van der Waals surface area contributed by atoms with Gasteiger partial charge in [-0.15, -0.1) is 0 Å². The van der Waals surface area contributed by atoms with Gasteiger partial charge in [0.15, 0.2) is 0 Å². The van der Waals surface area contributed by atoms with E-state index in [0.717, 1.165) is 0 Å². The molecule has 12 heavy (non-hydrogen) atoms. The van der Waals surface area contributed by atoms with Crippen LogP contribution in [0.5, 0.6) is 5.75 Å². The summed E-state index contributed by atoms with van der Waals surface area (Å²) < 4.78 is 0. The van der Waals surface area contributed by atoms with Crippen LogP contribution in [0.3, 0.4) is 0 Å². The molecule has 0 spiro atoms. The third-order valence-corrected chi connectivity index (χ3v) is 1.91. The van der Waals surface area contributed by atoms with E-state index in [2.05, 4.69) is 0 Å². The Balaban J connectivity index is 2.96. The number of nitrogens with two attached hydrogens (primary N) is 1. The van der Waals surface area contributed by atoms with E-state index in [4.69, 9.17) is 22.4 Å². The highest BCUT2D eigenvalue weighted by Gasteiger charge is 2.06. The normalized spacial score (nSPS) is 12.9. The first-order valence-corrected chi connectivity index (χ1v) is 3.88. The molecule has 3 nitrogen and oxygen atoms in total. The molecule has 66 valence electrons. The standard InChI is InChI=1S/C8H10ClNO2/c9-6-2-1-5(3-8(6)12)7(10)4-11/h1-3,7,11-12H,4,10H2/t7-/m0/s1. The second kappa shape index (κ2) is 3.76. The number of aliphatic hydroxyl groups excluding tert-OH is 1. The predicted octanol–water partition coefficient (Wildman–Crippen LogP) is 1.04. The van der Waals surface area contributed by atoms with Crippen molar-refractivity contribution >= 4 is 11.6 Å². The number of aliphatic hydroxyl groups is 1. The zero-order chi connectivity index (χ0) is 9.14. The van der Waals surface area contributed by atoms with Crippen molar-refractivity contribution in [3.05, 3.63) is 28.8 Å². The van der Waals surface area contributed by atoms with Gasteiger partial charge in [0.25, 0.3) is 0 Å². The number of halogens is 1. The number of benzene rings is 1. The van der Waals surface area contributed by atoms with E-state index >= 15 is 0 Å². The van der Waals surface area contributed by atoms with E-state index in [1.165, 1.54) is 6.07 Å². The maximum absolute atomic E-state index is 9.18. The SMILES string of the molecule is N[C@@H](CO)c1ccc(Cl)c(O)c1. The molecule has 0 aliphatic heterocycles. The van der Waals surface area contributed by atoms with Crippen LogP contribution in [0.4, 0.5) is 0 Å². The molecule has 0 fully saturated rings. The van der Waals surface area contributed by atoms with Crippen molar-refractivity contribution in [1.29, 1.82) is 0 Å². The van der Waals surface area contributed by atoms with Crippen LogP contribution >= 0.6 is 11.6 Å². The summed E-state index contributed by atoms with van der Waals surface area (Å²) in [5.74, 6) is -0.0157. The lowest BCUT2D eigenvalue weighted by molar-refractivity contribution is 0.268. The first kappa shape index (κ1) is 9.32. The molecule has 1 atom stereocenters. The maximum atomic E-state index is 9.18. The average molecular weight is 188 g/mol. The third-order valence-electron chi connectivity index (χ3n) is 1.60. The lowest BCUT2D eigenvalue weighted by atomic mass is 10.1. The number of hydrogen-bond donors (Lipinski definition) is 3. The summed E-state index contributed by atoms with van der Waals surface area (Å²) in [4.78, 5) is 0. The van der Waals surface area contributed by atoms with Gasteiger partial charge in [0.1, 0.15) is 5.75 Å². The lowest BCUT2D eigenvalue weighted by Gasteiger charge is -2.08. The Kier molecular flexibility index (Phi) is 2.92. The van der Waals surface area contributed by atoms with E-state index in [0.29, 0.717) is 5.56 Å². The van der Waals surface area contributed by atoms with Gasteiger partial charge in [0.2, 0.25) is 0 Å². The number of phenolic OH excluding ortho intramolecular Hbond substituents is 1. The molecule has 0 saturated carbocycles. The largest absolute Gasteiger partial charge is 0.506 e. The Morgan fingerprint density at radius 2 is 2.17 bits per heavy atom. The van der Waals surface area contributed by atoms with Gasteiger partial charge in [-0.3, -0.25) is 0 Å². The van der Waals surface area contributed by atoms with Crippen LogP contribution in [-0.4, -0.2) is 16.8 Å². The van der Waals surface area contributed by atoms with Crippen molar-refractivity contribution in [2.45, 2.75) is 6.04 Å². The fourth-order valence-electron chi connectivity index (χ4n) is 0.866. The number of aromatic hydroxyl groups is 1. The Labute approximate surface area is 75.4 Å². The van der Waals surface area contributed by atoms with Gasteiger partial charge in [-0.1, -0.05) is 17.7 Å². The Morgan fingerprint density at radius 1 is 1.50 bits per heavy atom. The maximum Gasteiger partial charge on any atom is 0.134 e. The van der Waals surface area contributed by atoms with Crippen molar-refractivity contribution in [2.75, 3.05) is 6.61 Å². The van der Waals surface area contributed by atoms with Gasteiger partial charge in [0, 0.05) is 0 Å². The first-order chi connectivity index (χ1) is 5.65. The van der Waals surface area contributed by atoms with Crippen molar-refractivity contribution < 1.29 is 10.2 Å². The van der Waals surface area contributed by atoms with Crippen molar-refractivity contribution in [3.8, 4) is 5.75 Å². The predicted molar refractivity (Wildman–Crippen MR) is 47.1 cm³/mol. The second-order valence-electron chi connectivity index (χ2n) is 2.50. The van der Waals surface area contributed by atoms with Crippen LogP contribution in [0.25, 0.3) is 0 Å². The smallest absolute Gasteiger partial charge is 0.134 e. The van der Waals surface area contributed by atoms with Crippen LogP contribution in [0, 0.1) is 0 Å². The van der Waals surface area contributed by atoms with Crippen molar-refractivity contribution in [1.82, 2.24) is 0 Å². The van der Waals surface area contributed by atoms with E-state index in [1.807, 2.05) is 0 Å². The molecular formula is C8H10ClNO2. The van der Waals surface area contributed by atoms with Crippen LogP contribution < -0.4 is 5.73 Å². The van der Waals surface area contributed by atoms with E-state index in [1.54, 1.807) is 12.1 Å². The van der Waals surface area contributed by atoms with Gasteiger partial charge in [-0.25, -0.2) is 0 Å². The molecular weight excluding hydrogens is 178 g/mol. The van der Waals surface area contributed by atoms with E-state index in [-0.39, 0.29) is 17.4 Å². The molecule has 1 aromatic carbocycles. The quantitative estimate of drug-likeness (QED) is 0.648. The summed E-state index contributed by atoms with van der Waals surface area (Å²) in [7, 11) is 0. The second-order valence-corrected chi connectivity index (χ2v) is 2.91. The van der Waals surface area contributed by atoms with Gasteiger partial charge >= 0.3 is 0 Å². The molecule has 4 heteroatoms. The third kappa shape index (κ3) is 1.88. The summed E-state index contributed by atoms with van der Waals surface area (Å²) in [5, 5.41) is 18.2.